The summed E-state index contributed by atoms with van der Waals surface area (Å²) in [6.07, 6.45) is 1.86. The van der Waals surface area contributed by atoms with E-state index in [1.807, 2.05) is 66.9 Å². The molecule has 0 aliphatic heterocycles. The fraction of sp³-hybridized carbons (Fsp3) is 0. The SMILES string of the molecule is c1ccc(-c2ccc(-c3nc(-c4ccccc4)nc(-c4ccc(-c5ccc(-c6ccnc7c6sc6nc8ccccc8nc67)cc5)cc4)n3)cc2)cc1. The van der Waals surface area contributed by atoms with Crippen LogP contribution in [0.3, 0.4) is 0 Å². The van der Waals surface area contributed by atoms with Crippen molar-refractivity contribution in [3.05, 3.63) is 170 Å². The number of nitrogens with zero attached hydrogens (tertiary/aromatic N) is 6. The molecule has 7 heteroatoms. The van der Waals surface area contributed by atoms with Gasteiger partial charge in [0.05, 0.1) is 15.7 Å². The number of rotatable bonds is 6. The quantitative estimate of drug-likeness (QED) is 0.172. The summed E-state index contributed by atoms with van der Waals surface area (Å²) in [6, 6.07) is 56.0. The van der Waals surface area contributed by atoms with Crippen LogP contribution in [0, 0.1) is 0 Å². The van der Waals surface area contributed by atoms with Crippen LogP contribution in [0.2, 0.25) is 0 Å². The van der Waals surface area contributed by atoms with E-state index in [0.717, 1.165) is 76.1 Å². The van der Waals surface area contributed by atoms with Crippen LogP contribution in [-0.4, -0.2) is 29.9 Å². The number of hydrogen-bond donors (Lipinski definition) is 0. The van der Waals surface area contributed by atoms with Gasteiger partial charge in [-0.15, -0.1) is 11.3 Å². The van der Waals surface area contributed by atoms with E-state index in [1.54, 1.807) is 11.3 Å². The van der Waals surface area contributed by atoms with Crippen molar-refractivity contribution in [2.45, 2.75) is 0 Å². The summed E-state index contributed by atoms with van der Waals surface area (Å²) in [5.74, 6) is 1.91. The zero-order valence-electron chi connectivity index (χ0n) is 28.3. The predicted octanol–water partition coefficient (Wildman–Crippen LogP) is 11.6. The normalized spacial score (nSPS) is 11.4. The first kappa shape index (κ1) is 30.8. The van der Waals surface area contributed by atoms with E-state index >= 15 is 0 Å². The molecule has 10 rings (SSSR count). The highest BCUT2D eigenvalue weighted by atomic mass is 32.1. The Labute approximate surface area is 309 Å². The van der Waals surface area contributed by atoms with Crippen molar-refractivity contribution in [1.82, 2.24) is 29.9 Å². The highest BCUT2D eigenvalue weighted by Gasteiger charge is 2.16. The van der Waals surface area contributed by atoms with E-state index in [4.69, 9.17) is 29.9 Å². The zero-order chi connectivity index (χ0) is 35.1. The smallest absolute Gasteiger partial charge is 0.164 e. The van der Waals surface area contributed by atoms with Crippen LogP contribution in [0.4, 0.5) is 0 Å². The maximum Gasteiger partial charge on any atom is 0.164 e. The van der Waals surface area contributed by atoms with Crippen LogP contribution in [0.1, 0.15) is 0 Å². The van der Waals surface area contributed by atoms with Gasteiger partial charge in [0.1, 0.15) is 15.9 Å². The number of pyridine rings is 1. The van der Waals surface area contributed by atoms with Crippen LogP contribution < -0.4 is 0 Å². The largest absolute Gasteiger partial charge is 0.253 e. The molecule has 10 aromatic rings. The molecule has 0 bridgehead atoms. The molecule has 0 saturated heterocycles. The molecule has 0 aliphatic carbocycles. The lowest BCUT2D eigenvalue weighted by Crippen LogP contribution is -2.00. The number of aromatic nitrogens is 6. The predicted molar refractivity (Wildman–Crippen MR) is 216 cm³/mol. The Hall–Kier alpha value is -6.96. The molecule has 6 aromatic carbocycles. The van der Waals surface area contributed by atoms with Crippen LogP contribution in [0.5, 0.6) is 0 Å². The summed E-state index contributed by atoms with van der Waals surface area (Å²) in [5, 5.41) is 0. The molecule has 248 valence electrons. The van der Waals surface area contributed by atoms with E-state index in [0.29, 0.717) is 17.5 Å². The molecule has 0 fully saturated rings. The lowest BCUT2D eigenvalue weighted by molar-refractivity contribution is 1.07. The summed E-state index contributed by atoms with van der Waals surface area (Å²) in [5.41, 5.74) is 13.1. The van der Waals surface area contributed by atoms with Gasteiger partial charge in [0.2, 0.25) is 0 Å². The van der Waals surface area contributed by atoms with E-state index in [1.165, 1.54) is 5.56 Å². The molecule has 0 saturated carbocycles. The molecule has 4 heterocycles. The minimum Gasteiger partial charge on any atom is -0.253 e. The van der Waals surface area contributed by atoms with Crippen molar-refractivity contribution < 1.29 is 0 Å². The Bertz CT molecular complexity index is 2910. The van der Waals surface area contributed by atoms with E-state index in [2.05, 4.69) is 103 Å². The number of hydrogen-bond acceptors (Lipinski definition) is 7. The lowest BCUT2D eigenvalue weighted by Gasteiger charge is -2.10. The van der Waals surface area contributed by atoms with Gasteiger partial charge in [0, 0.05) is 28.5 Å². The van der Waals surface area contributed by atoms with Crippen molar-refractivity contribution in [2.24, 2.45) is 0 Å². The maximum atomic E-state index is 4.97. The molecule has 6 nitrogen and oxygen atoms in total. The second-order valence-electron chi connectivity index (χ2n) is 12.8. The van der Waals surface area contributed by atoms with Crippen LogP contribution >= 0.6 is 11.3 Å². The Morgan fingerprint density at radius 3 is 1.28 bits per heavy atom. The van der Waals surface area contributed by atoms with Crippen LogP contribution in [0.25, 0.3) is 99.1 Å². The molecule has 0 radical (unpaired) electrons. The van der Waals surface area contributed by atoms with Gasteiger partial charge in [0.15, 0.2) is 17.5 Å². The summed E-state index contributed by atoms with van der Waals surface area (Å²) in [6.45, 7) is 0. The van der Waals surface area contributed by atoms with E-state index < -0.39 is 0 Å². The van der Waals surface area contributed by atoms with Gasteiger partial charge in [0.25, 0.3) is 0 Å². The molecule has 0 spiro atoms. The third-order valence-electron chi connectivity index (χ3n) is 9.46. The average Bonchev–Trinajstić information content (AvgIpc) is 3.61. The second-order valence-corrected chi connectivity index (χ2v) is 13.8. The van der Waals surface area contributed by atoms with Gasteiger partial charge in [-0.05, 0) is 46.0 Å². The van der Waals surface area contributed by atoms with Crippen molar-refractivity contribution in [1.29, 1.82) is 0 Å². The first-order valence-electron chi connectivity index (χ1n) is 17.4. The number of fused-ring (bicyclic) bond motifs is 4. The topological polar surface area (TPSA) is 77.3 Å². The van der Waals surface area contributed by atoms with Crippen LogP contribution in [0.15, 0.2) is 170 Å². The monoisotopic (exact) mass is 696 g/mol. The summed E-state index contributed by atoms with van der Waals surface area (Å²) >= 11 is 1.64. The Morgan fingerprint density at radius 2 is 0.736 bits per heavy atom. The molecular weight excluding hydrogens is 669 g/mol. The lowest BCUT2D eigenvalue weighted by atomic mass is 9.99. The Kier molecular flexibility index (Phi) is 7.55. The van der Waals surface area contributed by atoms with Crippen molar-refractivity contribution >= 4 is 42.9 Å². The highest BCUT2D eigenvalue weighted by Crippen LogP contribution is 2.38. The van der Waals surface area contributed by atoms with Gasteiger partial charge < -0.3 is 0 Å². The first-order chi connectivity index (χ1) is 26.2. The number of thiophene rings is 1. The molecule has 4 aromatic heterocycles. The molecule has 0 aliphatic rings. The molecule has 0 atom stereocenters. The molecule has 0 N–H and O–H groups in total. The van der Waals surface area contributed by atoms with E-state index in [9.17, 15) is 0 Å². The molecular formula is C46H28N6S. The van der Waals surface area contributed by atoms with Crippen molar-refractivity contribution in [3.8, 4) is 67.5 Å². The van der Waals surface area contributed by atoms with Gasteiger partial charge in [-0.3, -0.25) is 4.98 Å². The number of para-hydroxylation sites is 2. The molecule has 53 heavy (non-hydrogen) atoms. The molecule has 0 amide bonds. The Morgan fingerprint density at radius 1 is 0.321 bits per heavy atom. The summed E-state index contributed by atoms with van der Waals surface area (Å²) in [7, 11) is 0. The summed E-state index contributed by atoms with van der Waals surface area (Å²) in [4.78, 5) is 30.2. The third kappa shape index (κ3) is 5.79. The zero-order valence-corrected chi connectivity index (χ0v) is 29.1. The van der Waals surface area contributed by atoms with Gasteiger partial charge in [-0.25, -0.2) is 24.9 Å². The first-order valence-corrected chi connectivity index (χ1v) is 18.2. The van der Waals surface area contributed by atoms with Gasteiger partial charge in [-0.2, -0.15) is 0 Å². The summed E-state index contributed by atoms with van der Waals surface area (Å²) < 4.78 is 1.09. The van der Waals surface area contributed by atoms with Crippen molar-refractivity contribution in [2.75, 3.05) is 0 Å². The van der Waals surface area contributed by atoms with E-state index in [-0.39, 0.29) is 0 Å². The third-order valence-corrected chi connectivity index (χ3v) is 10.6. The van der Waals surface area contributed by atoms with Crippen molar-refractivity contribution in [3.63, 3.8) is 0 Å². The van der Waals surface area contributed by atoms with Crippen LogP contribution in [-0.2, 0) is 0 Å². The second kappa shape index (κ2) is 13.0. The highest BCUT2D eigenvalue weighted by molar-refractivity contribution is 7.25. The minimum absolute atomic E-state index is 0.629. The molecule has 0 unspecified atom stereocenters. The standard InChI is InChI=1S/C46H28N6S/c1-3-9-29(10-4-1)30-17-23-35(24-18-30)44-50-43(34-11-5-2-6-12-34)51-45(52-44)36-25-19-32(20-26-36)31-15-21-33(22-16-31)37-27-28-47-40-41-46(53-42(37)40)49-39-14-8-7-13-38(39)48-41/h1-28H. The fourth-order valence-corrected chi connectivity index (χ4v) is 7.82. The van der Waals surface area contributed by atoms with Gasteiger partial charge >= 0.3 is 0 Å². The minimum atomic E-state index is 0.629. The maximum absolute atomic E-state index is 4.97. The number of benzene rings is 6. The fourth-order valence-electron chi connectivity index (χ4n) is 6.70. The van der Waals surface area contributed by atoms with Gasteiger partial charge in [-0.1, -0.05) is 146 Å². The Balaban J connectivity index is 0.965. The average molecular weight is 697 g/mol.